The summed E-state index contributed by atoms with van der Waals surface area (Å²) in [5.41, 5.74) is 2.66. The number of benzene rings is 1. The van der Waals surface area contributed by atoms with Crippen molar-refractivity contribution < 1.29 is 4.74 Å². The monoisotopic (exact) mass is 319 g/mol. The first-order chi connectivity index (χ1) is 10.7. The summed E-state index contributed by atoms with van der Waals surface area (Å²) in [4.78, 5) is 4.16. The van der Waals surface area contributed by atoms with Gasteiger partial charge in [0.25, 0.3) is 0 Å². The second-order valence-electron chi connectivity index (χ2n) is 6.00. The van der Waals surface area contributed by atoms with Crippen LogP contribution in [-0.4, -0.2) is 29.3 Å². The number of nitrogens with zero attached hydrogens (tertiary/aromatic N) is 2. The fourth-order valence-corrected chi connectivity index (χ4v) is 3.24. The quantitative estimate of drug-likeness (QED) is 0.921. The van der Waals surface area contributed by atoms with E-state index in [1.807, 2.05) is 36.3 Å². The van der Waals surface area contributed by atoms with Crippen LogP contribution in [0.4, 0.5) is 0 Å². The number of nitrogens with one attached hydrogen (secondary N) is 1. The van der Waals surface area contributed by atoms with Crippen LogP contribution in [0.5, 0.6) is 0 Å². The molecular weight excluding hydrogens is 298 g/mol. The normalized spacial score (nSPS) is 17.5. The first-order valence-corrected chi connectivity index (χ1v) is 8.07. The van der Waals surface area contributed by atoms with Gasteiger partial charge in [-0.05, 0) is 30.5 Å². The smallest absolute Gasteiger partial charge is 0.0945 e. The van der Waals surface area contributed by atoms with Gasteiger partial charge < -0.3 is 14.6 Å². The number of imidazole rings is 1. The van der Waals surface area contributed by atoms with Crippen molar-refractivity contribution in [2.24, 2.45) is 7.05 Å². The Kier molecular flexibility index (Phi) is 4.81. The summed E-state index contributed by atoms with van der Waals surface area (Å²) < 4.78 is 7.62. The van der Waals surface area contributed by atoms with E-state index < -0.39 is 0 Å². The Hall–Kier alpha value is -1.36. The van der Waals surface area contributed by atoms with Gasteiger partial charge in [0, 0.05) is 50.0 Å². The van der Waals surface area contributed by atoms with Gasteiger partial charge in [0.2, 0.25) is 0 Å². The zero-order chi connectivity index (χ0) is 15.4. The van der Waals surface area contributed by atoms with Crippen molar-refractivity contribution in [1.29, 1.82) is 0 Å². The predicted molar refractivity (Wildman–Crippen MR) is 88.1 cm³/mol. The average molecular weight is 320 g/mol. The average Bonchev–Trinajstić information content (AvgIpc) is 2.94. The van der Waals surface area contributed by atoms with Crippen molar-refractivity contribution in [1.82, 2.24) is 14.9 Å². The molecule has 1 aliphatic rings. The van der Waals surface area contributed by atoms with Gasteiger partial charge >= 0.3 is 0 Å². The van der Waals surface area contributed by atoms with Crippen molar-refractivity contribution in [3.8, 4) is 0 Å². The molecule has 0 aliphatic carbocycles. The molecule has 0 spiro atoms. The topological polar surface area (TPSA) is 39.1 Å². The van der Waals surface area contributed by atoms with Crippen LogP contribution in [0.3, 0.4) is 0 Å². The molecule has 1 aromatic heterocycles. The lowest BCUT2D eigenvalue weighted by Gasteiger charge is -2.38. The van der Waals surface area contributed by atoms with Crippen molar-refractivity contribution in [2.75, 3.05) is 19.8 Å². The molecule has 0 bridgehead atoms. The summed E-state index contributed by atoms with van der Waals surface area (Å²) in [5.74, 6) is 0. The number of aromatic nitrogens is 2. The standard InChI is InChI=1S/C17H22ClN3O/c1-21-13-20-11-16(21)10-19-12-17(6-8-22-9-7-17)14-2-4-15(18)5-3-14/h2-5,11,13,19H,6-10,12H2,1H3. The van der Waals surface area contributed by atoms with E-state index in [2.05, 4.69) is 22.4 Å². The second kappa shape index (κ2) is 6.82. The first kappa shape index (κ1) is 15.5. The molecule has 0 atom stereocenters. The molecule has 0 unspecified atom stereocenters. The highest BCUT2D eigenvalue weighted by molar-refractivity contribution is 6.30. The van der Waals surface area contributed by atoms with E-state index in [0.29, 0.717) is 0 Å². The third-order valence-corrected chi connectivity index (χ3v) is 4.84. The Bertz CT molecular complexity index is 603. The zero-order valence-corrected chi connectivity index (χ0v) is 13.6. The molecular formula is C17H22ClN3O. The third kappa shape index (κ3) is 3.35. The molecule has 5 heteroatoms. The Morgan fingerprint density at radius 1 is 1.27 bits per heavy atom. The maximum atomic E-state index is 6.04. The van der Waals surface area contributed by atoms with E-state index in [9.17, 15) is 0 Å². The fourth-order valence-electron chi connectivity index (χ4n) is 3.12. The lowest BCUT2D eigenvalue weighted by atomic mass is 9.74. The maximum absolute atomic E-state index is 6.04. The highest BCUT2D eigenvalue weighted by atomic mass is 35.5. The van der Waals surface area contributed by atoms with Crippen LogP contribution < -0.4 is 5.32 Å². The van der Waals surface area contributed by atoms with Gasteiger partial charge in [0.1, 0.15) is 0 Å². The van der Waals surface area contributed by atoms with E-state index in [4.69, 9.17) is 16.3 Å². The van der Waals surface area contributed by atoms with Crippen LogP contribution in [0.25, 0.3) is 0 Å². The lowest BCUT2D eigenvalue weighted by molar-refractivity contribution is 0.0497. The largest absolute Gasteiger partial charge is 0.381 e. The molecule has 2 heterocycles. The first-order valence-electron chi connectivity index (χ1n) is 7.69. The van der Waals surface area contributed by atoms with Crippen LogP contribution in [0.2, 0.25) is 5.02 Å². The summed E-state index contributed by atoms with van der Waals surface area (Å²) in [5, 5.41) is 4.39. The molecule has 0 amide bonds. The molecule has 118 valence electrons. The Balaban J connectivity index is 1.72. The van der Waals surface area contributed by atoms with Gasteiger partial charge in [0.15, 0.2) is 0 Å². The molecule has 1 N–H and O–H groups in total. The summed E-state index contributed by atoms with van der Waals surface area (Å²) in [6, 6.07) is 8.27. The Labute approximate surface area is 136 Å². The molecule has 1 saturated heterocycles. The number of hydrogen-bond acceptors (Lipinski definition) is 3. The van der Waals surface area contributed by atoms with Gasteiger partial charge in [-0.2, -0.15) is 0 Å². The minimum Gasteiger partial charge on any atom is -0.381 e. The van der Waals surface area contributed by atoms with Gasteiger partial charge in [-0.1, -0.05) is 23.7 Å². The lowest BCUT2D eigenvalue weighted by Crippen LogP contribution is -2.42. The molecule has 4 nitrogen and oxygen atoms in total. The number of ether oxygens (including phenoxy) is 1. The van der Waals surface area contributed by atoms with E-state index in [-0.39, 0.29) is 5.41 Å². The molecule has 22 heavy (non-hydrogen) atoms. The maximum Gasteiger partial charge on any atom is 0.0945 e. The van der Waals surface area contributed by atoms with Crippen LogP contribution in [0, 0.1) is 0 Å². The second-order valence-corrected chi connectivity index (χ2v) is 6.44. The number of aryl methyl sites for hydroxylation is 1. The molecule has 3 rings (SSSR count). The Morgan fingerprint density at radius 2 is 2.00 bits per heavy atom. The summed E-state index contributed by atoms with van der Waals surface area (Å²) in [7, 11) is 2.02. The number of hydrogen-bond donors (Lipinski definition) is 1. The summed E-state index contributed by atoms with van der Waals surface area (Å²) in [6.07, 6.45) is 5.81. The SMILES string of the molecule is Cn1cncc1CNCC1(c2ccc(Cl)cc2)CCOCC1. The van der Waals surface area contributed by atoms with Crippen molar-refractivity contribution in [2.45, 2.75) is 24.8 Å². The van der Waals surface area contributed by atoms with Gasteiger partial charge in [0.05, 0.1) is 12.0 Å². The predicted octanol–water partition coefficient (Wildman–Crippen LogP) is 2.91. The van der Waals surface area contributed by atoms with Gasteiger partial charge in [-0.3, -0.25) is 0 Å². The molecule has 0 radical (unpaired) electrons. The van der Waals surface area contributed by atoms with E-state index in [1.165, 1.54) is 11.3 Å². The molecule has 1 aromatic carbocycles. The van der Waals surface area contributed by atoms with Crippen LogP contribution in [0.1, 0.15) is 24.1 Å². The molecule has 1 aliphatic heterocycles. The fraction of sp³-hybridized carbons (Fsp3) is 0.471. The van der Waals surface area contributed by atoms with Crippen molar-refractivity contribution in [3.63, 3.8) is 0 Å². The Morgan fingerprint density at radius 3 is 2.64 bits per heavy atom. The number of rotatable bonds is 5. The number of halogens is 1. The van der Waals surface area contributed by atoms with Crippen molar-refractivity contribution >= 4 is 11.6 Å². The van der Waals surface area contributed by atoms with Crippen LogP contribution >= 0.6 is 11.6 Å². The van der Waals surface area contributed by atoms with E-state index in [0.717, 1.165) is 44.2 Å². The van der Waals surface area contributed by atoms with Crippen LogP contribution in [0.15, 0.2) is 36.8 Å². The van der Waals surface area contributed by atoms with Gasteiger partial charge in [-0.25, -0.2) is 4.98 Å². The van der Waals surface area contributed by atoms with Crippen molar-refractivity contribution in [3.05, 3.63) is 53.1 Å². The summed E-state index contributed by atoms with van der Waals surface area (Å²) >= 11 is 6.04. The summed E-state index contributed by atoms with van der Waals surface area (Å²) in [6.45, 7) is 3.39. The molecule has 2 aromatic rings. The van der Waals surface area contributed by atoms with E-state index in [1.54, 1.807) is 0 Å². The highest BCUT2D eigenvalue weighted by Gasteiger charge is 2.34. The molecule has 1 fully saturated rings. The third-order valence-electron chi connectivity index (χ3n) is 4.59. The molecule has 0 saturated carbocycles. The van der Waals surface area contributed by atoms with Crippen LogP contribution in [-0.2, 0) is 23.7 Å². The van der Waals surface area contributed by atoms with E-state index >= 15 is 0 Å². The minimum absolute atomic E-state index is 0.126. The van der Waals surface area contributed by atoms with Gasteiger partial charge in [-0.15, -0.1) is 0 Å². The minimum atomic E-state index is 0.126. The highest BCUT2D eigenvalue weighted by Crippen LogP contribution is 2.34. The zero-order valence-electron chi connectivity index (χ0n) is 12.9.